The maximum absolute atomic E-state index is 10.2. The van der Waals surface area contributed by atoms with Crippen molar-refractivity contribution in [3.05, 3.63) is 34.9 Å². The third kappa shape index (κ3) is 3.73. The summed E-state index contributed by atoms with van der Waals surface area (Å²) in [6.07, 6.45) is 0.993. The van der Waals surface area contributed by atoms with Crippen LogP contribution in [-0.4, -0.2) is 48.0 Å². The number of piperidine rings is 1. The van der Waals surface area contributed by atoms with Crippen molar-refractivity contribution in [1.82, 2.24) is 4.90 Å². The Labute approximate surface area is 127 Å². The van der Waals surface area contributed by atoms with E-state index in [4.69, 9.17) is 11.6 Å². The molecule has 1 saturated heterocycles. The van der Waals surface area contributed by atoms with E-state index in [0.717, 1.165) is 31.5 Å². The molecule has 2 N–H and O–H groups in total. The van der Waals surface area contributed by atoms with Crippen molar-refractivity contribution < 1.29 is 10.2 Å². The Morgan fingerprint density at radius 1 is 1.20 bits per heavy atom. The molecule has 4 heteroatoms. The molecule has 1 unspecified atom stereocenters. The minimum atomic E-state index is -0.715. The first-order valence-electron chi connectivity index (χ1n) is 7.32. The van der Waals surface area contributed by atoms with Gasteiger partial charge in [-0.2, -0.15) is 0 Å². The van der Waals surface area contributed by atoms with Crippen LogP contribution < -0.4 is 0 Å². The maximum atomic E-state index is 10.2. The highest BCUT2D eigenvalue weighted by Gasteiger charge is 2.41. The SMILES string of the molecule is CC.CN1CCC(c2ccc(Cl)cc2)(C(O)CO)CC1. The van der Waals surface area contributed by atoms with Crippen molar-refractivity contribution in [2.24, 2.45) is 0 Å². The highest BCUT2D eigenvalue weighted by molar-refractivity contribution is 6.30. The highest BCUT2D eigenvalue weighted by Crippen LogP contribution is 2.38. The third-order valence-corrected chi connectivity index (χ3v) is 4.36. The minimum absolute atomic E-state index is 0.202. The molecule has 0 bridgehead atoms. The predicted octanol–water partition coefficient (Wildman–Crippen LogP) is 2.68. The smallest absolute Gasteiger partial charge is 0.0868 e. The maximum Gasteiger partial charge on any atom is 0.0868 e. The molecule has 0 aliphatic carbocycles. The first-order valence-corrected chi connectivity index (χ1v) is 7.70. The van der Waals surface area contributed by atoms with Crippen LogP contribution in [0.4, 0.5) is 0 Å². The first-order chi connectivity index (χ1) is 9.58. The molecule has 1 aromatic carbocycles. The monoisotopic (exact) mass is 299 g/mol. The van der Waals surface area contributed by atoms with Crippen LogP contribution in [0.5, 0.6) is 0 Å². The van der Waals surface area contributed by atoms with E-state index < -0.39 is 6.10 Å². The van der Waals surface area contributed by atoms with E-state index in [1.807, 2.05) is 38.1 Å². The summed E-state index contributed by atoms with van der Waals surface area (Å²) in [5, 5.41) is 20.3. The van der Waals surface area contributed by atoms with Gasteiger partial charge < -0.3 is 15.1 Å². The van der Waals surface area contributed by atoms with Crippen LogP contribution in [0.1, 0.15) is 32.3 Å². The number of hydrogen-bond donors (Lipinski definition) is 2. The number of benzene rings is 1. The van der Waals surface area contributed by atoms with Crippen molar-refractivity contribution in [3.8, 4) is 0 Å². The van der Waals surface area contributed by atoms with E-state index in [0.29, 0.717) is 5.02 Å². The van der Waals surface area contributed by atoms with E-state index in [-0.39, 0.29) is 12.0 Å². The van der Waals surface area contributed by atoms with Crippen molar-refractivity contribution in [2.45, 2.75) is 38.2 Å². The Bertz CT molecular complexity index is 386. The van der Waals surface area contributed by atoms with Crippen LogP contribution in [0.15, 0.2) is 24.3 Å². The zero-order valence-electron chi connectivity index (χ0n) is 12.6. The van der Waals surface area contributed by atoms with Crippen LogP contribution in [0.3, 0.4) is 0 Å². The van der Waals surface area contributed by atoms with Gasteiger partial charge in [0.15, 0.2) is 0 Å². The van der Waals surface area contributed by atoms with Crippen LogP contribution in [0.2, 0.25) is 5.02 Å². The van der Waals surface area contributed by atoms with Crippen molar-refractivity contribution in [3.63, 3.8) is 0 Å². The number of halogens is 1. The minimum Gasteiger partial charge on any atom is -0.394 e. The molecule has 2 rings (SSSR count). The Hall–Kier alpha value is -0.610. The average molecular weight is 300 g/mol. The van der Waals surface area contributed by atoms with Gasteiger partial charge >= 0.3 is 0 Å². The Morgan fingerprint density at radius 3 is 2.15 bits per heavy atom. The lowest BCUT2D eigenvalue weighted by atomic mass is 9.69. The van der Waals surface area contributed by atoms with Gasteiger partial charge in [-0.15, -0.1) is 0 Å². The summed E-state index contributed by atoms with van der Waals surface area (Å²) in [5.74, 6) is 0. The van der Waals surface area contributed by atoms with Gasteiger partial charge in [-0.05, 0) is 50.7 Å². The fraction of sp³-hybridized carbons (Fsp3) is 0.625. The fourth-order valence-electron chi connectivity index (χ4n) is 2.79. The summed E-state index contributed by atoms with van der Waals surface area (Å²) in [7, 11) is 2.08. The molecule has 1 aromatic rings. The van der Waals surface area contributed by atoms with Gasteiger partial charge in [-0.1, -0.05) is 37.6 Å². The van der Waals surface area contributed by atoms with Gasteiger partial charge in [0.1, 0.15) is 0 Å². The summed E-state index contributed by atoms with van der Waals surface area (Å²) in [5.41, 5.74) is 0.729. The predicted molar refractivity (Wildman–Crippen MR) is 84.3 cm³/mol. The van der Waals surface area contributed by atoms with Crippen LogP contribution in [-0.2, 0) is 5.41 Å². The zero-order chi connectivity index (χ0) is 15.2. The van der Waals surface area contributed by atoms with E-state index in [1.54, 1.807) is 0 Å². The molecule has 20 heavy (non-hydrogen) atoms. The molecule has 1 fully saturated rings. The normalized spacial score (nSPS) is 19.9. The summed E-state index contributed by atoms with van der Waals surface area (Å²) < 4.78 is 0. The molecule has 0 spiro atoms. The average Bonchev–Trinajstić information content (AvgIpc) is 2.50. The molecular formula is C16H26ClNO2. The van der Waals surface area contributed by atoms with Gasteiger partial charge in [0.2, 0.25) is 0 Å². The topological polar surface area (TPSA) is 43.7 Å². The van der Waals surface area contributed by atoms with Crippen LogP contribution >= 0.6 is 11.6 Å². The summed E-state index contributed by atoms with van der Waals surface area (Å²) in [6.45, 7) is 5.66. The third-order valence-electron chi connectivity index (χ3n) is 4.11. The van der Waals surface area contributed by atoms with Crippen LogP contribution in [0.25, 0.3) is 0 Å². The van der Waals surface area contributed by atoms with Crippen molar-refractivity contribution >= 4 is 11.6 Å². The van der Waals surface area contributed by atoms with Gasteiger partial charge in [-0.25, -0.2) is 0 Å². The lowest BCUT2D eigenvalue weighted by Gasteiger charge is -2.43. The molecule has 1 atom stereocenters. The van der Waals surface area contributed by atoms with Crippen molar-refractivity contribution in [2.75, 3.05) is 26.7 Å². The molecule has 0 amide bonds. The van der Waals surface area contributed by atoms with E-state index >= 15 is 0 Å². The Kier molecular flexibility index (Phi) is 6.96. The molecule has 0 radical (unpaired) electrons. The lowest BCUT2D eigenvalue weighted by Crippen LogP contribution is -2.49. The Balaban J connectivity index is 0.000000956. The van der Waals surface area contributed by atoms with Crippen molar-refractivity contribution in [1.29, 1.82) is 0 Å². The number of hydrogen-bond acceptors (Lipinski definition) is 3. The fourth-order valence-corrected chi connectivity index (χ4v) is 2.91. The second-order valence-electron chi connectivity index (χ2n) is 5.16. The molecule has 3 nitrogen and oxygen atoms in total. The van der Waals surface area contributed by atoms with Crippen LogP contribution in [0, 0.1) is 0 Å². The lowest BCUT2D eigenvalue weighted by molar-refractivity contribution is -0.00194. The Morgan fingerprint density at radius 2 is 1.70 bits per heavy atom. The number of aliphatic hydroxyl groups is 2. The van der Waals surface area contributed by atoms with E-state index in [9.17, 15) is 10.2 Å². The molecule has 114 valence electrons. The first kappa shape index (κ1) is 17.4. The van der Waals surface area contributed by atoms with Gasteiger partial charge in [0.25, 0.3) is 0 Å². The molecule has 1 aliphatic heterocycles. The van der Waals surface area contributed by atoms with Gasteiger partial charge in [0, 0.05) is 10.4 Å². The quantitative estimate of drug-likeness (QED) is 0.902. The molecule has 1 heterocycles. The summed E-state index contributed by atoms with van der Waals surface area (Å²) >= 11 is 5.91. The second-order valence-corrected chi connectivity index (χ2v) is 5.60. The van der Waals surface area contributed by atoms with E-state index in [1.165, 1.54) is 0 Å². The summed E-state index contributed by atoms with van der Waals surface area (Å²) in [4.78, 5) is 2.25. The molecule has 0 aromatic heterocycles. The number of nitrogens with zero attached hydrogens (tertiary/aromatic N) is 1. The standard InChI is InChI=1S/C14H20ClNO2.C2H6/c1-16-8-6-14(7-9-16,13(18)10-17)11-2-4-12(15)5-3-11;1-2/h2-5,13,17-18H,6-10H2,1H3;1-2H3. The molecule has 0 saturated carbocycles. The van der Waals surface area contributed by atoms with Gasteiger partial charge in [-0.3, -0.25) is 0 Å². The number of aliphatic hydroxyl groups excluding tert-OH is 2. The van der Waals surface area contributed by atoms with E-state index in [2.05, 4.69) is 11.9 Å². The van der Waals surface area contributed by atoms with Gasteiger partial charge in [0.05, 0.1) is 12.7 Å². The number of likely N-dealkylation sites (tertiary alicyclic amines) is 1. The number of rotatable bonds is 3. The second kappa shape index (κ2) is 7.99. The highest BCUT2D eigenvalue weighted by atomic mass is 35.5. The molecule has 1 aliphatic rings. The molecular weight excluding hydrogens is 274 g/mol. The zero-order valence-corrected chi connectivity index (χ0v) is 13.4. The summed E-state index contributed by atoms with van der Waals surface area (Å²) in [6, 6.07) is 7.63. The largest absolute Gasteiger partial charge is 0.394 e.